The molecule has 5 nitrogen and oxygen atoms in total. The Balaban J connectivity index is 1.88. The highest BCUT2D eigenvalue weighted by molar-refractivity contribution is 5.95. The third-order valence-corrected chi connectivity index (χ3v) is 2.95. The average Bonchev–Trinajstić information content (AvgIpc) is 2.82. The van der Waals surface area contributed by atoms with Crippen LogP contribution in [0.15, 0.2) is 24.3 Å². The number of carbonyl (C=O) groups excluding carboxylic acids is 2. The smallest absolute Gasteiger partial charge is 0.344 e. The van der Waals surface area contributed by atoms with Gasteiger partial charge in [-0.25, -0.2) is 4.79 Å². The number of carbonyl (C=O) groups is 2. The minimum Gasteiger partial charge on any atom is -0.482 e. The number of rotatable bonds is 5. The van der Waals surface area contributed by atoms with Gasteiger partial charge in [-0.15, -0.1) is 0 Å². The predicted octanol–water partition coefficient (Wildman–Crippen LogP) is 2.14. The second-order valence-corrected chi connectivity index (χ2v) is 4.97. The molecule has 1 saturated heterocycles. The summed E-state index contributed by atoms with van der Waals surface area (Å²) in [4.78, 5) is 24.7. The van der Waals surface area contributed by atoms with E-state index < -0.39 is 5.97 Å². The van der Waals surface area contributed by atoms with Crippen molar-refractivity contribution in [3.8, 4) is 5.75 Å². The summed E-state index contributed by atoms with van der Waals surface area (Å²) in [5.41, 5.74) is 0.865. The van der Waals surface area contributed by atoms with Gasteiger partial charge in [0.15, 0.2) is 6.61 Å². The highest BCUT2D eigenvalue weighted by atomic mass is 16.6. The molecule has 0 spiro atoms. The Bertz CT molecular complexity index is 481. The molecule has 0 unspecified atom stereocenters. The summed E-state index contributed by atoms with van der Waals surface area (Å²) in [5.74, 6) is 0.346. The van der Waals surface area contributed by atoms with Crippen molar-refractivity contribution in [2.24, 2.45) is 0 Å². The summed E-state index contributed by atoms with van der Waals surface area (Å²) >= 11 is 0. The monoisotopic (exact) mass is 277 g/mol. The lowest BCUT2D eigenvalue weighted by Gasteiger charge is -2.16. The van der Waals surface area contributed by atoms with Crippen LogP contribution in [0.4, 0.5) is 5.69 Å². The Kier molecular flexibility index (Phi) is 4.61. The van der Waals surface area contributed by atoms with Crippen LogP contribution in [-0.2, 0) is 14.3 Å². The maximum absolute atomic E-state index is 11.6. The minimum atomic E-state index is -0.390. The molecule has 1 fully saturated rings. The zero-order valence-corrected chi connectivity index (χ0v) is 11.8. The third kappa shape index (κ3) is 3.73. The molecule has 0 saturated carbocycles. The highest BCUT2D eigenvalue weighted by Crippen LogP contribution is 2.23. The lowest BCUT2D eigenvalue weighted by Crippen LogP contribution is -2.23. The summed E-state index contributed by atoms with van der Waals surface area (Å²) in [7, 11) is 0. The molecule has 0 aromatic heterocycles. The summed E-state index contributed by atoms with van der Waals surface area (Å²) < 4.78 is 10.3. The van der Waals surface area contributed by atoms with Gasteiger partial charge >= 0.3 is 5.97 Å². The second kappa shape index (κ2) is 6.41. The molecular formula is C15H19NO4. The van der Waals surface area contributed by atoms with Gasteiger partial charge in [0.1, 0.15) is 5.75 Å². The van der Waals surface area contributed by atoms with E-state index in [1.54, 1.807) is 30.9 Å². The summed E-state index contributed by atoms with van der Waals surface area (Å²) in [6, 6.07) is 7.16. The lowest BCUT2D eigenvalue weighted by molar-refractivity contribution is -0.149. The van der Waals surface area contributed by atoms with Crippen molar-refractivity contribution in [2.45, 2.75) is 32.8 Å². The predicted molar refractivity (Wildman–Crippen MR) is 74.8 cm³/mol. The van der Waals surface area contributed by atoms with Crippen LogP contribution in [0.3, 0.4) is 0 Å². The largest absolute Gasteiger partial charge is 0.482 e. The Hall–Kier alpha value is -2.04. The van der Waals surface area contributed by atoms with Crippen LogP contribution in [0.25, 0.3) is 0 Å². The maximum atomic E-state index is 11.6. The standard InChI is InChI=1S/C15H19NO4/c1-11(2)20-15(18)10-19-13-7-5-12(6-8-13)16-9-3-4-14(16)17/h5-8,11H,3-4,9-10H2,1-2H3. The second-order valence-electron chi connectivity index (χ2n) is 4.97. The zero-order valence-electron chi connectivity index (χ0n) is 11.8. The average molecular weight is 277 g/mol. The summed E-state index contributed by atoms with van der Waals surface area (Å²) in [5, 5.41) is 0. The molecule has 2 rings (SSSR count). The quantitative estimate of drug-likeness (QED) is 0.774. The number of amides is 1. The molecule has 108 valence electrons. The number of benzene rings is 1. The van der Waals surface area contributed by atoms with E-state index in [2.05, 4.69) is 0 Å². The van der Waals surface area contributed by atoms with Gasteiger partial charge in [-0.2, -0.15) is 0 Å². The molecule has 0 aliphatic carbocycles. The first-order valence-electron chi connectivity index (χ1n) is 6.79. The van der Waals surface area contributed by atoms with Gasteiger partial charge in [0.25, 0.3) is 0 Å². The molecule has 1 aromatic rings. The Morgan fingerprint density at radius 3 is 2.55 bits per heavy atom. The number of hydrogen-bond acceptors (Lipinski definition) is 4. The number of anilines is 1. The zero-order chi connectivity index (χ0) is 14.5. The van der Waals surface area contributed by atoms with Gasteiger partial charge in [-0.3, -0.25) is 4.79 Å². The molecule has 1 aliphatic heterocycles. The van der Waals surface area contributed by atoms with E-state index in [0.29, 0.717) is 12.2 Å². The number of hydrogen-bond donors (Lipinski definition) is 0. The first kappa shape index (κ1) is 14.4. The van der Waals surface area contributed by atoms with Crippen LogP contribution in [0, 0.1) is 0 Å². The fourth-order valence-electron chi connectivity index (χ4n) is 2.08. The number of ether oxygens (including phenoxy) is 2. The summed E-state index contributed by atoms with van der Waals surface area (Å²) in [6.07, 6.45) is 1.37. The molecular weight excluding hydrogens is 258 g/mol. The van der Waals surface area contributed by atoms with Crippen LogP contribution in [0.5, 0.6) is 5.75 Å². The fourth-order valence-corrected chi connectivity index (χ4v) is 2.08. The molecule has 1 heterocycles. The van der Waals surface area contributed by atoms with Gasteiger partial charge in [0.2, 0.25) is 5.91 Å². The van der Waals surface area contributed by atoms with E-state index >= 15 is 0 Å². The molecule has 1 amide bonds. The van der Waals surface area contributed by atoms with E-state index in [1.807, 2.05) is 12.1 Å². The van der Waals surface area contributed by atoms with Gasteiger partial charge < -0.3 is 14.4 Å². The number of esters is 1. The maximum Gasteiger partial charge on any atom is 0.344 e. The van der Waals surface area contributed by atoms with E-state index in [-0.39, 0.29) is 18.6 Å². The molecule has 20 heavy (non-hydrogen) atoms. The molecule has 0 bridgehead atoms. The molecule has 1 aromatic carbocycles. The first-order chi connectivity index (χ1) is 9.56. The Morgan fingerprint density at radius 2 is 2.00 bits per heavy atom. The Labute approximate surface area is 118 Å². The van der Waals surface area contributed by atoms with Crippen LogP contribution < -0.4 is 9.64 Å². The third-order valence-electron chi connectivity index (χ3n) is 2.95. The number of nitrogens with zero attached hydrogens (tertiary/aromatic N) is 1. The Morgan fingerprint density at radius 1 is 1.30 bits per heavy atom. The van der Waals surface area contributed by atoms with Crippen molar-refractivity contribution in [2.75, 3.05) is 18.1 Å². The SMILES string of the molecule is CC(C)OC(=O)COc1ccc(N2CCCC2=O)cc1. The van der Waals surface area contributed by atoms with Gasteiger partial charge in [0.05, 0.1) is 6.10 Å². The first-order valence-corrected chi connectivity index (χ1v) is 6.79. The topological polar surface area (TPSA) is 55.8 Å². The van der Waals surface area contributed by atoms with E-state index in [9.17, 15) is 9.59 Å². The van der Waals surface area contributed by atoms with Crippen LogP contribution >= 0.6 is 0 Å². The van der Waals surface area contributed by atoms with Crippen LogP contribution in [-0.4, -0.2) is 31.1 Å². The van der Waals surface area contributed by atoms with Gasteiger partial charge in [-0.1, -0.05) is 0 Å². The van der Waals surface area contributed by atoms with E-state index in [0.717, 1.165) is 18.7 Å². The molecule has 1 aliphatic rings. The van der Waals surface area contributed by atoms with Crippen molar-refractivity contribution in [1.82, 2.24) is 0 Å². The van der Waals surface area contributed by atoms with Crippen molar-refractivity contribution in [3.05, 3.63) is 24.3 Å². The van der Waals surface area contributed by atoms with Crippen molar-refractivity contribution in [1.29, 1.82) is 0 Å². The van der Waals surface area contributed by atoms with Crippen molar-refractivity contribution in [3.63, 3.8) is 0 Å². The van der Waals surface area contributed by atoms with Crippen LogP contribution in [0.1, 0.15) is 26.7 Å². The van der Waals surface area contributed by atoms with E-state index in [1.165, 1.54) is 0 Å². The molecule has 0 N–H and O–H groups in total. The van der Waals surface area contributed by atoms with Crippen LogP contribution in [0.2, 0.25) is 0 Å². The van der Waals surface area contributed by atoms with Crippen molar-refractivity contribution >= 4 is 17.6 Å². The summed E-state index contributed by atoms with van der Waals surface area (Å²) in [6.45, 7) is 4.24. The fraction of sp³-hybridized carbons (Fsp3) is 0.467. The molecule has 0 radical (unpaired) electrons. The van der Waals surface area contributed by atoms with Gasteiger partial charge in [-0.05, 0) is 44.5 Å². The lowest BCUT2D eigenvalue weighted by atomic mass is 10.3. The molecule has 5 heteroatoms. The van der Waals surface area contributed by atoms with E-state index in [4.69, 9.17) is 9.47 Å². The minimum absolute atomic E-state index is 0.111. The van der Waals surface area contributed by atoms with Gasteiger partial charge in [0, 0.05) is 18.7 Å². The van der Waals surface area contributed by atoms with Crippen molar-refractivity contribution < 1.29 is 19.1 Å². The highest BCUT2D eigenvalue weighted by Gasteiger charge is 2.21. The normalized spacial score (nSPS) is 14.8. The molecule has 0 atom stereocenters.